The van der Waals surface area contributed by atoms with Gasteiger partial charge in [-0.05, 0) is 12.2 Å². The Hall–Kier alpha value is -0.830. The van der Waals surface area contributed by atoms with Crippen LogP contribution in [0.5, 0.6) is 0 Å². The average molecular weight is 367 g/mol. The van der Waals surface area contributed by atoms with Gasteiger partial charge in [0.05, 0.1) is 19.8 Å². The van der Waals surface area contributed by atoms with Crippen molar-refractivity contribution in [3.05, 3.63) is 0 Å². The largest absolute Gasteiger partial charge is 0.396 e. The molecule has 0 rings (SSSR count). The fourth-order valence-electron chi connectivity index (χ4n) is 1.65. The molecule has 0 unspecified atom stereocenters. The Kier molecular flexibility index (Phi) is 23.5. The highest BCUT2D eigenvalue weighted by Crippen LogP contribution is 2.08. The average Bonchev–Trinajstić information content (AvgIpc) is 2.60. The first-order valence-electron chi connectivity index (χ1n) is 8.60. The summed E-state index contributed by atoms with van der Waals surface area (Å²) in [6.07, 6.45) is 8.23. The molecule has 0 aromatic rings. The summed E-state index contributed by atoms with van der Waals surface area (Å²) in [5.74, 6) is 0.525. The number of hydrogen-bond donors (Lipinski definition) is 5. The molecule has 5 N–H and O–H groups in total. The number of amides is 2. The number of nitrogens with one attached hydrogen (secondary N) is 2. The summed E-state index contributed by atoms with van der Waals surface area (Å²) in [7, 11) is 0. The van der Waals surface area contributed by atoms with Crippen LogP contribution in [0.4, 0.5) is 0 Å². The number of hydrogen-bond acceptors (Lipinski definition) is 6. The molecule has 0 heterocycles. The molecule has 8 heteroatoms. The van der Waals surface area contributed by atoms with Crippen molar-refractivity contribution in [3.8, 4) is 0 Å². The van der Waals surface area contributed by atoms with E-state index in [1.807, 2.05) is 11.8 Å². The lowest BCUT2D eigenvalue weighted by molar-refractivity contribution is -0.139. The van der Waals surface area contributed by atoms with E-state index in [0.717, 1.165) is 5.75 Å². The van der Waals surface area contributed by atoms with Gasteiger partial charge in [-0.1, -0.05) is 39.0 Å². The smallest absolute Gasteiger partial charge is 0.309 e. The maximum absolute atomic E-state index is 10.7. The second-order valence-corrected chi connectivity index (χ2v) is 6.29. The summed E-state index contributed by atoms with van der Waals surface area (Å²) < 4.78 is 0. The fourth-order valence-corrected chi connectivity index (χ4v) is 2.39. The first kappa shape index (κ1) is 25.4. The lowest BCUT2D eigenvalue weighted by atomic mass is 10.1. The van der Waals surface area contributed by atoms with E-state index in [1.54, 1.807) is 0 Å². The van der Waals surface area contributed by atoms with Crippen molar-refractivity contribution in [3.63, 3.8) is 0 Å². The van der Waals surface area contributed by atoms with Gasteiger partial charge in [-0.3, -0.25) is 9.59 Å². The highest BCUT2D eigenvalue weighted by molar-refractivity contribution is 7.99. The third-order valence-corrected chi connectivity index (χ3v) is 3.93. The molecule has 24 heavy (non-hydrogen) atoms. The van der Waals surface area contributed by atoms with E-state index < -0.39 is 11.8 Å². The summed E-state index contributed by atoms with van der Waals surface area (Å²) in [6.45, 7) is 2.26. The quantitative estimate of drug-likeness (QED) is 0.236. The molecular formula is C16H34N2O5S. The standard InChI is InChI=1S/C10H22OS.C6H12N2O4/c1-2-3-4-5-6-7-9-12-10-8-11;9-3-1-7-5(11)6(12)8-2-4-10/h11H,2-10H2,1H3;9-10H,1-4H2,(H,7,11)(H,8,12). The number of aliphatic hydroxyl groups excluding tert-OH is 3. The summed E-state index contributed by atoms with van der Waals surface area (Å²) in [5, 5.41) is 29.4. The third kappa shape index (κ3) is 21.2. The predicted molar refractivity (Wildman–Crippen MR) is 98.0 cm³/mol. The van der Waals surface area contributed by atoms with Gasteiger partial charge in [-0.2, -0.15) is 11.8 Å². The van der Waals surface area contributed by atoms with Gasteiger partial charge >= 0.3 is 11.8 Å². The Morgan fingerprint density at radius 3 is 1.71 bits per heavy atom. The van der Waals surface area contributed by atoms with Crippen LogP contribution in [0.1, 0.15) is 45.4 Å². The third-order valence-electron chi connectivity index (χ3n) is 2.88. The van der Waals surface area contributed by atoms with Crippen molar-refractivity contribution in [1.82, 2.24) is 10.6 Å². The second-order valence-electron chi connectivity index (χ2n) is 5.06. The Labute approximate surface area is 149 Å². The Morgan fingerprint density at radius 1 is 0.750 bits per heavy atom. The van der Waals surface area contributed by atoms with Crippen LogP contribution in [0.25, 0.3) is 0 Å². The topological polar surface area (TPSA) is 119 Å². The monoisotopic (exact) mass is 366 g/mol. The van der Waals surface area contributed by atoms with Crippen LogP contribution < -0.4 is 10.6 Å². The highest BCUT2D eigenvalue weighted by atomic mass is 32.2. The van der Waals surface area contributed by atoms with Crippen molar-refractivity contribution in [2.45, 2.75) is 45.4 Å². The van der Waals surface area contributed by atoms with E-state index in [9.17, 15) is 9.59 Å². The zero-order valence-electron chi connectivity index (χ0n) is 14.8. The van der Waals surface area contributed by atoms with E-state index in [0.29, 0.717) is 6.61 Å². The molecule has 0 radical (unpaired) electrons. The SMILES string of the molecule is CCCCCCCCSCCO.O=C(NCCO)C(=O)NCCO. The Morgan fingerprint density at radius 2 is 1.25 bits per heavy atom. The number of carbonyl (C=O) groups is 2. The summed E-state index contributed by atoms with van der Waals surface area (Å²) in [4.78, 5) is 21.4. The van der Waals surface area contributed by atoms with Crippen LogP contribution >= 0.6 is 11.8 Å². The molecule has 7 nitrogen and oxygen atoms in total. The van der Waals surface area contributed by atoms with Gasteiger partial charge in [0.15, 0.2) is 0 Å². The maximum atomic E-state index is 10.7. The number of rotatable bonds is 13. The van der Waals surface area contributed by atoms with Crippen LogP contribution in [-0.2, 0) is 9.59 Å². The molecule has 0 aliphatic heterocycles. The number of carbonyl (C=O) groups excluding carboxylic acids is 2. The van der Waals surface area contributed by atoms with Crippen molar-refractivity contribution >= 4 is 23.6 Å². The minimum absolute atomic E-state index is 0.0470. The summed E-state index contributed by atoms with van der Waals surface area (Å²) in [6, 6.07) is 0. The molecular weight excluding hydrogens is 332 g/mol. The molecule has 0 aromatic carbocycles. The minimum atomic E-state index is -0.808. The predicted octanol–water partition coefficient (Wildman–Crippen LogP) is 0.276. The van der Waals surface area contributed by atoms with E-state index >= 15 is 0 Å². The summed E-state index contributed by atoms with van der Waals surface area (Å²) in [5.41, 5.74) is 0. The molecule has 144 valence electrons. The zero-order chi connectivity index (χ0) is 18.5. The van der Waals surface area contributed by atoms with Crippen LogP contribution in [-0.4, -0.2) is 71.5 Å². The lowest BCUT2D eigenvalue weighted by Crippen LogP contribution is -2.41. The normalized spacial score (nSPS) is 9.83. The molecule has 0 bridgehead atoms. The molecule has 0 aliphatic carbocycles. The van der Waals surface area contributed by atoms with Gasteiger partial charge in [0.1, 0.15) is 0 Å². The number of unbranched alkanes of at least 4 members (excludes halogenated alkanes) is 5. The van der Waals surface area contributed by atoms with Crippen molar-refractivity contribution in [2.24, 2.45) is 0 Å². The van der Waals surface area contributed by atoms with Crippen molar-refractivity contribution in [1.29, 1.82) is 0 Å². The van der Waals surface area contributed by atoms with Gasteiger partial charge < -0.3 is 26.0 Å². The second kappa shape index (κ2) is 22.2. The van der Waals surface area contributed by atoms with Gasteiger partial charge in [0.25, 0.3) is 0 Å². The van der Waals surface area contributed by atoms with Gasteiger partial charge in [-0.15, -0.1) is 0 Å². The maximum Gasteiger partial charge on any atom is 0.309 e. The molecule has 0 aromatic heterocycles. The van der Waals surface area contributed by atoms with E-state index in [4.69, 9.17) is 15.3 Å². The van der Waals surface area contributed by atoms with Gasteiger partial charge in [0, 0.05) is 18.8 Å². The van der Waals surface area contributed by atoms with Crippen LogP contribution in [0.2, 0.25) is 0 Å². The summed E-state index contributed by atoms with van der Waals surface area (Å²) >= 11 is 1.87. The van der Waals surface area contributed by atoms with Crippen LogP contribution in [0.15, 0.2) is 0 Å². The highest BCUT2D eigenvalue weighted by Gasteiger charge is 2.10. The van der Waals surface area contributed by atoms with Gasteiger partial charge in [-0.25, -0.2) is 0 Å². The molecule has 0 saturated heterocycles. The first-order chi connectivity index (χ1) is 11.6. The number of aliphatic hydroxyl groups is 3. The Balaban J connectivity index is 0. The van der Waals surface area contributed by atoms with Crippen LogP contribution in [0.3, 0.4) is 0 Å². The minimum Gasteiger partial charge on any atom is -0.396 e. The van der Waals surface area contributed by atoms with Crippen LogP contribution in [0, 0.1) is 0 Å². The van der Waals surface area contributed by atoms with Crippen molar-refractivity contribution < 1.29 is 24.9 Å². The lowest BCUT2D eigenvalue weighted by Gasteiger charge is -2.02. The molecule has 2 amide bonds. The Bertz CT molecular complexity index is 266. The molecule has 0 atom stereocenters. The van der Waals surface area contributed by atoms with E-state index in [-0.39, 0.29) is 26.3 Å². The molecule has 0 saturated carbocycles. The molecule has 0 aliphatic rings. The van der Waals surface area contributed by atoms with E-state index in [2.05, 4.69) is 17.6 Å². The molecule has 0 spiro atoms. The zero-order valence-corrected chi connectivity index (χ0v) is 15.6. The first-order valence-corrected chi connectivity index (χ1v) is 9.75. The molecule has 0 fully saturated rings. The van der Waals surface area contributed by atoms with Gasteiger partial charge in [0.2, 0.25) is 0 Å². The van der Waals surface area contributed by atoms with Crippen molar-refractivity contribution in [2.75, 3.05) is 44.4 Å². The fraction of sp³-hybridized carbons (Fsp3) is 0.875. The number of thioether (sulfide) groups is 1. The van der Waals surface area contributed by atoms with E-state index in [1.165, 1.54) is 44.3 Å².